The fraction of sp³-hybridized carbons (Fsp3) is 0.0690. The number of benzene rings is 10. The largest absolute Gasteiger partial charge is 0.308 e. The number of rotatable bonds is 4. The first kappa shape index (κ1) is 37.1. The topological polar surface area (TPSA) is 6.48 Å². The van der Waals surface area contributed by atoms with Gasteiger partial charge in [-0.2, -0.15) is 0 Å². The molecule has 0 bridgehead atoms. The van der Waals surface area contributed by atoms with E-state index in [9.17, 15) is 0 Å². The van der Waals surface area contributed by atoms with Crippen LogP contribution in [0, 0.1) is 0 Å². The fourth-order valence-corrected chi connectivity index (χ4v) is 11.7. The van der Waals surface area contributed by atoms with Gasteiger partial charge in [0.1, 0.15) is 0 Å². The molecule has 62 heavy (non-hydrogen) atoms. The van der Waals surface area contributed by atoms with Crippen LogP contribution in [0.3, 0.4) is 0 Å². The predicted molar refractivity (Wildman–Crippen MR) is 266 cm³/mol. The summed E-state index contributed by atoms with van der Waals surface area (Å²) in [6, 6.07) is 74.6. The number of hydrogen-bond acceptors (Lipinski definition) is 4. The molecule has 0 spiro atoms. The highest BCUT2D eigenvalue weighted by molar-refractivity contribution is 8.00. The van der Waals surface area contributed by atoms with E-state index in [0.717, 1.165) is 11.4 Å². The van der Waals surface area contributed by atoms with E-state index < -0.39 is 0 Å². The van der Waals surface area contributed by atoms with Gasteiger partial charge in [-0.05, 0) is 138 Å². The third kappa shape index (κ3) is 5.96. The highest BCUT2D eigenvalue weighted by atomic mass is 32.2. The van der Waals surface area contributed by atoms with Crippen molar-refractivity contribution in [2.24, 2.45) is 0 Å². The summed E-state index contributed by atoms with van der Waals surface area (Å²) in [7, 11) is 0. The van der Waals surface area contributed by atoms with Crippen LogP contribution in [0.1, 0.15) is 26.3 Å². The zero-order valence-corrected chi connectivity index (χ0v) is 36.4. The molecular formula is C58H42N2S2. The molecule has 0 saturated heterocycles. The fourth-order valence-electron chi connectivity index (χ4n) is 9.63. The Bertz CT molecular complexity index is 3320. The lowest BCUT2D eigenvalue weighted by Crippen LogP contribution is -2.15. The van der Waals surface area contributed by atoms with Gasteiger partial charge in [0, 0.05) is 31.0 Å². The molecular weight excluding hydrogens is 789 g/mol. The van der Waals surface area contributed by atoms with E-state index in [1.807, 2.05) is 23.5 Å². The van der Waals surface area contributed by atoms with Gasteiger partial charge in [0.2, 0.25) is 0 Å². The molecule has 2 aliphatic heterocycles. The molecule has 4 heteroatoms. The molecule has 0 atom stereocenters. The van der Waals surface area contributed by atoms with Crippen molar-refractivity contribution in [3.63, 3.8) is 0 Å². The molecule has 0 radical (unpaired) electrons. The molecule has 10 aromatic carbocycles. The molecule has 0 aliphatic carbocycles. The Labute approximate surface area is 371 Å². The average molecular weight is 831 g/mol. The van der Waals surface area contributed by atoms with Crippen molar-refractivity contribution < 1.29 is 0 Å². The minimum Gasteiger partial charge on any atom is -0.308 e. The van der Waals surface area contributed by atoms with Crippen LogP contribution < -0.4 is 9.80 Å². The molecule has 2 heterocycles. The Morgan fingerprint density at radius 3 is 1.31 bits per heavy atom. The third-order valence-corrected chi connectivity index (χ3v) is 14.8. The maximum absolute atomic E-state index is 2.46. The Kier molecular flexibility index (Phi) is 8.64. The minimum atomic E-state index is 0.0370. The van der Waals surface area contributed by atoms with Gasteiger partial charge < -0.3 is 9.80 Å². The first-order valence-corrected chi connectivity index (χ1v) is 23.0. The number of para-hydroxylation sites is 4. The van der Waals surface area contributed by atoms with E-state index in [0.29, 0.717) is 0 Å². The number of anilines is 6. The molecule has 0 saturated carbocycles. The lowest BCUT2D eigenvalue weighted by molar-refractivity contribution is 0.590. The highest BCUT2D eigenvalue weighted by Gasteiger charge is 2.28. The van der Waals surface area contributed by atoms with Crippen LogP contribution in [-0.4, -0.2) is 0 Å². The number of fused-ring (bicyclic) bond motifs is 7. The van der Waals surface area contributed by atoms with Crippen LogP contribution in [0.25, 0.3) is 54.6 Å². The van der Waals surface area contributed by atoms with E-state index >= 15 is 0 Å². The Balaban J connectivity index is 1.20. The summed E-state index contributed by atoms with van der Waals surface area (Å²) in [5, 5.41) is 7.39. The molecule has 296 valence electrons. The van der Waals surface area contributed by atoms with Crippen molar-refractivity contribution in [3.8, 4) is 22.3 Å². The summed E-state index contributed by atoms with van der Waals surface area (Å²) < 4.78 is 0. The van der Waals surface area contributed by atoms with Crippen molar-refractivity contribution in [1.82, 2.24) is 0 Å². The summed E-state index contributed by atoms with van der Waals surface area (Å²) in [4.78, 5) is 9.94. The van der Waals surface area contributed by atoms with Crippen LogP contribution >= 0.6 is 23.5 Å². The molecule has 0 unspecified atom stereocenters. The van der Waals surface area contributed by atoms with Gasteiger partial charge in [0.15, 0.2) is 0 Å². The number of hydrogen-bond donors (Lipinski definition) is 0. The van der Waals surface area contributed by atoms with E-state index in [1.165, 1.54) is 102 Å². The zero-order valence-electron chi connectivity index (χ0n) is 34.8. The minimum absolute atomic E-state index is 0.0370. The normalized spacial score (nSPS) is 13.2. The van der Waals surface area contributed by atoms with E-state index in [4.69, 9.17) is 0 Å². The second kappa shape index (κ2) is 14.4. The van der Waals surface area contributed by atoms with Crippen molar-refractivity contribution in [3.05, 3.63) is 206 Å². The molecule has 10 aromatic rings. The van der Waals surface area contributed by atoms with Crippen molar-refractivity contribution in [2.75, 3.05) is 9.80 Å². The summed E-state index contributed by atoms with van der Waals surface area (Å²) in [5.41, 5.74) is 13.4. The maximum Gasteiger partial charge on any atom is 0.0601 e. The molecule has 0 N–H and O–H groups in total. The maximum atomic E-state index is 2.46. The quantitative estimate of drug-likeness (QED) is 0.163. The Morgan fingerprint density at radius 1 is 0.355 bits per heavy atom. The van der Waals surface area contributed by atoms with Crippen molar-refractivity contribution in [1.29, 1.82) is 0 Å². The molecule has 2 nitrogen and oxygen atoms in total. The van der Waals surface area contributed by atoms with E-state index in [-0.39, 0.29) is 5.41 Å². The second-order valence-electron chi connectivity index (χ2n) is 17.3. The Morgan fingerprint density at radius 2 is 0.790 bits per heavy atom. The lowest BCUT2D eigenvalue weighted by Gasteiger charge is -2.34. The van der Waals surface area contributed by atoms with Crippen LogP contribution in [0.5, 0.6) is 0 Å². The first-order chi connectivity index (χ1) is 30.4. The summed E-state index contributed by atoms with van der Waals surface area (Å²) in [6.45, 7) is 6.88. The van der Waals surface area contributed by atoms with Crippen molar-refractivity contribution >= 4 is 90.0 Å². The summed E-state index contributed by atoms with van der Waals surface area (Å²) in [5.74, 6) is 0. The molecule has 2 aliphatic rings. The molecule has 0 amide bonds. The number of nitrogens with zero attached hydrogens (tertiary/aromatic N) is 2. The Hall–Kier alpha value is -6.72. The van der Waals surface area contributed by atoms with Gasteiger partial charge in [0.25, 0.3) is 0 Å². The third-order valence-electron chi connectivity index (χ3n) is 12.6. The predicted octanol–water partition coefficient (Wildman–Crippen LogP) is 17.6. The first-order valence-electron chi connectivity index (χ1n) is 21.3. The molecule has 0 aromatic heterocycles. The van der Waals surface area contributed by atoms with E-state index in [1.54, 1.807) is 0 Å². The second-order valence-corrected chi connectivity index (χ2v) is 19.5. The smallest absolute Gasteiger partial charge is 0.0601 e. The average Bonchev–Trinajstić information content (AvgIpc) is 3.31. The van der Waals surface area contributed by atoms with E-state index in [2.05, 4.69) is 231 Å². The highest BCUT2D eigenvalue weighted by Crippen LogP contribution is 2.55. The lowest BCUT2D eigenvalue weighted by atomic mass is 9.82. The van der Waals surface area contributed by atoms with Gasteiger partial charge >= 0.3 is 0 Å². The van der Waals surface area contributed by atoms with Gasteiger partial charge in [-0.1, -0.05) is 172 Å². The van der Waals surface area contributed by atoms with Crippen LogP contribution in [-0.2, 0) is 5.41 Å². The molecule has 12 rings (SSSR count). The van der Waals surface area contributed by atoms with Gasteiger partial charge in [-0.3, -0.25) is 0 Å². The summed E-state index contributed by atoms with van der Waals surface area (Å²) >= 11 is 3.70. The SMILES string of the molecule is CC(C)(C)c1ccc(-c2c3cc(N4c5ccccc5Sc5ccccc54)ccc3c(-c3cccc4ccccc34)c3cc(N4c5ccccc5Sc5ccccc54)ccc23)cc1. The van der Waals surface area contributed by atoms with Gasteiger partial charge in [-0.25, -0.2) is 0 Å². The summed E-state index contributed by atoms with van der Waals surface area (Å²) in [6.07, 6.45) is 0. The standard InChI is InChI=1S/C58H42N2S2/c1-58(2,3)39-29-27-38(28-30-39)56-44-33-31-41(60-50-21-8-12-25-54(50)62-55-26-13-9-22-51(55)60)36-47(44)57(43-18-14-16-37-15-4-5-17-42(37)43)45-34-32-40(35-46(45)56)59-48-19-6-10-23-52(48)61-53-24-11-7-20-49(53)59/h4-36H,1-3H3. The van der Waals surface area contributed by atoms with Crippen LogP contribution in [0.2, 0.25) is 0 Å². The van der Waals surface area contributed by atoms with Gasteiger partial charge in [-0.15, -0.1) is 0 Å². The van der Waals surface area contributed by atoms with Crippen LogP contribution in [0.4, 0.5) is 34.1 Å². The van der Waals surface area contributed by atoms with Gasteiger partial charge in [0.05, 0.1) is 22.7 Å². The van der Waals surface area contributed by atoms with Crippen molar-refractivity contribution in [2.45, 2.75) is 45.8 Å². The van der Waals surface area contributed by atoms with Crippen LogP contribution in [0.15, 0.2) is 220 Å². The monoisotopic (exact) mass is 830 g/mol. The zero-order chi connectivity index (χ0) is 41.5. The molecule has 0 fully saturated rings.